The van der Waals surface area contributed by atoms with Gasteiger partial charge in [-0.1, -0.05) is 13.8 Å². The molecule has 0 aliphatic carbocycles. The first-order valence-electron chi connectivity index (χ1n) is 8.11. The van der Waals surface area contributed by atoms with Gasteiger partial charge >= 0.3 is 12.1 Å². The summed E-state index contributed by atoms with van der Waals surface area (Å²) in [4.78, 5) is 24.6. The third-order valence-corrected chi connectivity index (χ3v) is 4.24. The molecule has 1 saturated heterocycles. The van der Waals surface area contributed by atoms with Crippen LogP contribution in [0.4, 0.5) is 4.79 Å². The topological polar surface area (TPSA) is 99.1 Å². The highest BCUT2D eigenvalue weighted by Gasteiger charge is 2.48. The van der Waals surface area contributed by atoms with E-state index in [0.717, 1.165) is 0 Å². The minimum absolute atomic E-state index is 0.101. The number of hydrogen-bond donors (Lipinski definition) is 3. The summed E-state index contributed by atoms with van der Waals surface area (Å²) < 4.78 is 5.29. The van der Waals surface area contributed by atoms with Crippen molar-refractivity contribution >= 4 is 12.1 Å². The summed E-state index contributed by atoms with van der Waals surface area (Å²) in [7, 11) is 0. The second-order valence-electron chi connectivity index (χ2n) is 7.47. The fourth-order valence-electron chi connectivity index (χ4n) is 2.57. The number of aliphatic carboxylic acids is 1. The number of rotatable bonds is 7. The highest BCUT2D eigenvalue weighted by atomic mass is 16.6. The minimum Gasteiger partial charge on any atom is -0.481 e. The number of nitrogens with zero attached hydrogens (tertiary/aromatic N) is 1. The van der Waals surface area contributed by atoms with Crippen LogP contribution in [0.15, 0.2) is 0 Å². The first kappa shape index (κ1) is 19.7. The summed E-state index contributed by atoms with van der Waals surface area (Å²) in [6, 6.07) is 0. The molecular weight excluding hydrogens is 300 g/mol. The number of β-amino-alcohol motifs (C(OH)–C–C–N with tert-alkyl or cyclic N) is 1. The Balaban J connectivity index is 2.67. The lowest BCUT2D eigenvalue weighted by Crippen LogP contribution is -2.72. The van der Waals surface area contributed by atoms with E-state index < -0.39 is 28.8 Å². The SMILES string of the molecule is CCC(O)(CC)CNC1(CC(=O)O)CN(C(=O)OC(C)(C)C)C1. The maximum atomic E-state index is 12.0. The van der Waals surface area contributed by atoms with Crippen molar-refractivity contribution < 1.29 is 24.5 Å². The maximum Gasteiger partial charge on any atom is 0.410 e. The molecule has 0 radical (unpaired) electrons. The van der Waals surface area contributed by atoms with E-state index in [2.05, 4.69) is 5.32 Å². The molecular formula is C16H30N2O5. The number of nitrogens with one attached hydrogen (secondary N) is 1. The Bertz CT molecular complexity index is 434. The van der Waals surface area contributed by atoms with Gasteiger partial charge in [0.2, 0.25) is 0 Å². The van der Waals surface area contributed by atoms with Gasteiger partial charge in [0.05, 0.1) is 17.6 Å². The standard InChI is InChI=1S/C16H30N2O5/c1-6-16(22,7-2)9-17-15(8-12(19)20)10-18(11-15)13(21)23-14(3,4)5/h17,22H,6-11H2,1-5H3,(H,19,20). The predicted octanol–water partition coefficient (Wildman–Crippen LogP) is 1.59. The Morgan fingerprint density at radius 3 is 2.13 bits per heavy atom. The average molecular weight is 330 g/mol. The molecule has 1 fully saturated rings. The molecule has 1 amide bonds. The highest BCUT2D eigenvalue weighted by Crippen LogP contribution is 2.28. The smallest absolute Gasteiger partial charge is 0.410 e. The van der Waals surface area contributed by atoms with Crippen LogP contribution in [0.25, 0.3) is 0 Å². The minimum atomic E-state index is -0.933. The summed E-state index contributed by atoms with van der Waals surface area (Å²) in [6.45, 7) is 9.97. The van der Waals surface area contributed by atoms with Crippen molar-refractivity contribution in [3.8, 4) is 0 Å². The molecule has 0 bridgehead atoms. The van der Waals surface area contributed by atoms with Crippen LogP contribution in [0.2, 0.25) is 0 Å². The summed E-state index contributed by atoms with van der Waals surface area (Å²) in [5, 5.41) is 22.7. The van der Waals surface area contributed by atoms with Gasteiger partial charge in [-0.05, 0) is 33.6 Å². The molecule has 1 aliphatic heterocycles. The summed E-state index contributed by atoms with van der Waals surface area (Å²) in [6.07, 6.45) is 0.613. The van der Waals surface area contributed by atoms with Crippen LogP contribution in [0.1, 0.15) is 53.9 Å². The monoisotopic (exact) mass is 330 g/mol. The van der Waals surface area contributed by atoms with E-state index in [1.807, 2.05) is 13.8 Å². The van der Waals surface area contributed by atoms with Gasteiger partial charge in [0, 0.05) is 19.6 Å². The number of aliphatic hydroxyl groups is 1. The quantitative estimate of drug-likeness (QED) is 0.655. The van der Waals surface area contributed by atoms with Gasteiger partial charge in [0.1, 0.15) is 5.60 Å². The van der Waals surface area contributed by atoms with Crippen molar-refractivity contribution in [3.63, 3.8) is 0 Å². The Morgan fingerprint density at radius 1 is 1.22 bits per heavy atom. The second-order valence-corrected chi connectivity index (χ2v) is 7.47. The number of likely N-dealkylation sites (tertiary alicyclic amines) is 1. The third-order valence-electron chi connectivity index (χ3n) is 4.24. The van der Waals surface area contributed by atoms with Crippen molar-refractivity contribution in [2.75, 3.05) is 19.6 Å². The molecule has 23 heavy (non-hydrogen) atoms. The molecule has 0 aromatic heterocycles. The largest absolute Gasteiger partial charge is 0.481 e. The normalized spacial score (nSPS) is 17.6. The maximum absolute atomic E-state index is 12.0. The van der Waals surface area contributed by atoms with Gasteiger partial charge in [0.25, 0.3) is 0 Å². The molecule has 134 valence electrons. The molecule has 0 aromatic carbocycles. The number of carboxylic acid groups (broad SMARTS) is 1. The number of amides is 1. The number of carboxylic acids is 1. The van der Waals surface area contributed by atoms with Crippen molar-refractivity contribution in [1.29, 1.82) is 0 Å². The van der Waals surface area contributed by atoms with Crippen LogP contribution in [0, 0.1) is 0 Å². The van der Waals surface area contributed by atoms with Crippen LogP contribution in [-0.4, -0.2) is 63.6 Å². The molecule has 0 aromatic rings. The average Bonchev–Trinajstić information content (AvgIpc) is 2.38. The Kier molecular flexibility index (Phi) is 6.04. The molecule has 1 rings (SSSR count). The summed E-state index contributed by atoms with van der Waals surface area (Å²) in [5.74, 6) is -0.933. The molecule has 1 heterocycles. The zero-order valence-electron chi connectivity index (χ0n) is 14.8. The molecule has 3 N–H and O–H groups in total. The Hall–Kier alpha value is -1.34. The summed E-state index contributed by atoms with van der Waals surface area (Å²) >= 11 is 0. The van der Waals surface area contributed by atoms with E-state index in [9.17, 15) is 14.7 Å². The van der Waals surface area contributed by atoms with Crippen LogP contribution >= 0.6 is 0 Å². The molecule has 0 spiro atoms. The van der Waals surface area contributed by atoms with Gasteiger partial charge in [0.15, 0.2) is 0 Å². The van der Waals surface area contributed by atoms with Gasteiger partial charge in [-0.25, -0.2) is 4.79 Å². The zero-order chi connectivity index (χ0) is 17.9. The van der Waals surface area contributed by atoms with Gasteiger partial charge < -0.3 is 25.2 Å². The van der Waals surface area contributed by atoms with E-state index in [1.165, 1.54) is 4.90 Å². The molecule has 7 nitrogen and oxygen atoms in total. The molecule has 7 heteroatoms. The van der Waals surface area contributed by atoms with Gasteiger partial charge in [-0.3, -0.25) is 4.79 Å². The van der Waals surface area contributed by atoms with Gasteiger partial charge in [-0.2, -0.15) is 0 Å². The van der Waals surface area contributed by atoms with E-state index in [-0.39, 0.29) is 19.5 Å². The van der Waals surface area contributed by atoms with Crippen LogP contribution < -0.4 is 5.32 Å². The summed E-state index contributed by atoms with van der Waals surface area (Å²) in [5.41, 5.74) is -2.15. The molecule has 0 saturated carbocycles. The Morgan fingerprint density at radius 2 is 1.74 bits per heavy atom. The number of carbonyl (C=O) groups excluding carboxylic acids is 1. The molecule has 0 unspecified atom stereocenters. The van der Waals surface area contributed by atoms with Crippen LogP contribution in [0.3, 0.4) is 0 Å². The number of carbonyl (C=O) groups is 2. The third kappa shape index (κ3) is 5.66. The van der Waals surface area contributed by atoms with Crippen LogP contribution in [-0.2, 0) is 9.53 Å². The lowest BCUT2D eigenvalue weighted by atomic mass is 9.85. The second kappa shape index (κ2) is 7.05. The van der Waals surface area contributed by atoms with Crippen LogP contribution in [0.5, 0.6) is 0 Å². The Labute approximate surface area is 138 Å². The molecule has 1 aliphatic rings. The van der Waals surface area contributed by atoms with E-state index >= 15 is 0 Å². The zero-order valence-corrected chi connectivity index (χ0v) is 14.8. The number of hydrogen-bond acceptors (Lipinski definition) is 5. The van der Waals surface area contributed by atoms with Crippen molar-refractivity contribution in [3.05, 3.63) is 0 Å². The highest BCUT2D eigenvalue weighted by molar-refractivity contribution is 5.73. The van der Waals surface area contributed by atoms with E-state index in [4.69, 9.17) is 9.84 Å². The fraction of sp³-hybridized carbons (Fsp3) is 0.875. The lowest BCUT2D eigenvalue weighted by Gasteiger charge is -2.50. The first-order valence-corrected chi connectivity index (χ1v) is 8.11. The van der Waals surface area contributed by atoms with E-state index in [1.54, 1.807) is 20.8 Å². The molecule has 0 atom stereocenters. The van der Waals surface area contributed by atoms with Gasteiger partial charge in [-0.15, -0.1) is 0 Å². The fourth-order valence-corrected chi connectivity index (χ4v) is 2.57. The van der Waals surface area contributed by atoms with Crippen molar-refractivity contribution in [2.45, 2.75) is 70.6 Å². The van der Waals surface area contributed by atoms with E-state index in [0.29, 0.717) is 19.4 Å². The number of ether oxygens (including phenoxy) is 1. The lowest BCUT2D eigenvalue weighted by molar-refractivity contribution is -0.141. The van der Waals surface area contributed by atoms with Crippen molar-refractivity contribution in [1.82, 2.24) is 10.2 Å². The first-order chi connectivity index (χ1) is 10.4. The van der Waals surface area contributed by atoms with Crippen molar-refractivity contribution in [2.24, 2.45) is 0 Å². The predicted molar refractivity (Wildman–Crippen MR) is 86.3 cm³/mol.